The molecule has 0 radical (unpaired) electrons. The Hall–Kier alpha value is -2.89. The van der Waals surface area contributed by atoms with Crippen molar-refractivity contribution in [2.45, 2.75) is 25.7 Å². The fourth-order valence-electron chi connectivity index (χ4n) is 4.16. The zero-order valence-corrected chi connectivity index (χ0v) is 17.2. The third kappa shape index (κ3) is 4.26. The molecule has 2 aromatic rings. The highest BCUT2D eigenvalue weighted by Crippen LogP contribution is 2.34. The SMILES string of the molecule is COc1cc(OC)cc(C(=O)Nc2cc(N3CCCC3)ccc2N2CCCC2)c1. The Balaban J connectivity index is 1.65. The number of amides is 1. The predicted molar refractivity (Wildman–Crippen MR) is 117 cm³/mol. The maximum Gasteiger partial charge on any atom is 0.255 e. The Kier molecular flexibility index (Phi) is 5.79. The van der Waals surface area contributed by atoms with E-state index in [2.05, 4.69) is 33.3 Å². The van der Waals surface area contributed by atoms with Crippen molar-refractivity contribution in [2.24, 2.45) is 0 Å². The Labute approximate surface area is 172 Å². The van der Waals surface area contributed by atoms with Crippen LogP contribution in [0.5, 0.6) is 11.5 Å². The molecule has 0 unspecified atom stereocenters. The number of hydrogen-bond acceptors (Lipinski definition) is 5. The lowest BCUT2D eigenvalue weighted by molar-refractivity contribution is 0.102. The second-order valence-electron chi connectivity index (χ2n) is 7.65. The van der Waals surface area contributed by atoms with Crippen molar-refractivity contribution in [3.05, 3.63) is 42.0 Å². The summed E-state index contributed by atoms with van der Waals surface area (Å²) in [4.78, 5) is 17.8. The van der Waals surface area contributed by atoms with E-state index in [1.54, 1.807) is 32.4 Å². The number of carbonyl (C=O) groups excluding carboxylic acids is 1. The number of hydrogen-bond donors (Lipinski definition) is 1. The smallest absolute Gasteiger partial charge is 0.255 e. The molecule has 2 saturated heterocycles. The van der Waals surface area contributed by atoms with Gasteiger partial charge < -0.3 is 24.6 Å². The third-order valence-corrected chi connectivity index (χ3v) is 5.76. The van der Waals surface area contributed by atoms with Gasteiger partial charge in [0, 0.05) is 43.5 Å². The van der Waals surface area contributed by atoms with Crippen LogP contribution >= 0.6 is 0 Å². The van der Waals surface area contributed by atoms with Gasteiger partial charge in [-0.2, -0.15) is 0 Å². The number of nitrogens with one attached hydrogen (secondary N) is 1. The van der Waals surface area contributed by atoms with E-state index in [0.717, 1.165) is 37.6 Å². The average molecular weight is 396 g/mol. The third-order valence-electron chi connectivity index (χ3n) is 5.76. The van der Waals surface area contributed by atoms with E-state index in [4.69, 9.17) is 9.47 Å². The van der Waals surface area contributed by atoms with E-state index in [-0.39, 0.29) is 5.91 Å². The van der Waals surface area contributed by atoms with E-state index in [1.807, 2.05) is 0 Å². The quantitative estimate of drug-likeness (QED) is 0.796. The molecular formula is C23H29N3O3. The molecule has 0 atom stereocenters. The molecule has 6 heteroatoms. The molecule has 2 aromatic carbocycles. The van der Waals surface area contributed by atoms with Crippen LogP contribution in [0, 0.1) is 0 Å². The second-order valence-corrected chi connectivity index (χ2v) is 7.65. The van der Waals surface area contributed by atoms with E-state index < -0.39 is 0 Å². The van der Waals surface area contributed by atoms with Crippen LogP contribution in [-0.2, 0) is 0 Å². The molecule has 1 amide bonds. The Morgan fingerprint density at radius 3 is 2.00 bits per heavy atom. The van der Waals surface area contributed by atoms with Gasteiger partial charge in [-0.25, -0.2) is 0 Å². The van der Waals surface area contributed by atoms with Gasteiger partial charge in [0.25, 0.3) is 5.91 Å². The molecule has 0 aliphatic carbocycles. The minimum absolute atomic E-state index is 0.166. The number of methoxy groups -OCH3 is 2. The van der Waals surface area contributed by atoms with E-state index in [9.17, 15) is 4.79 Å². The highest BCUT2D eigenvalue weighted by Gasteiger charge is 2.21. The van der Waals surface area contributed by atoms with Gasteiger partial charge in [-0.1, -0.05) is 0 Å². The average Bonchev–Trinajstić information content (AvgIpc) is 3.47. The first-order chi connectivity index (χ1) is 14.2. The van der Waals surface area contributed by atoms with Crippen LogP contribution < -0.4 is 24.6 Å². The van der Waals surface area contributed by atoms with Gasteiger partial charge >= 0.3 is 0 Å². The van der Waals surface area contributed by atoms with Crippen LogP contribution in [-0.4, -0.2) is 46.3 Å². The van der Waals surface area contributed by atoms with Crippen molar-refractivity contribution in [3.63, 3.8) is 0 Å². The molecule has 154 valence electrons. The number of benzene rings is 2. The van der Waals surface area contributed by atoms with Crippen molar-refractivity contribution < 1.29 is 14.3 Å². The highest BCUT2D eigenvalue weighted by atomic mass is 16.5. The molecule has 0 bridgehead atoms. The first-order valence-corrected chi connectivity index (χ1v) is 10.4. The van der Waals surface area contributed by atoms with E-state index in [0.29, 0.717) is 17.1 Å². The number of carbonyl (C=O) groups is 1. The van der Waals surface area contributed by atoms with Crippen LogP contribution in [0.3, 0.4) is 0 Å². The lowest BCUT2D eigenvalue weighted by atomic mass is 10.1. The molecule has 2 aliphatic rings. The number of rotatable bonds is 6. The number of ether oxygens (including phenoxy) is 2. The summed E-state index contributed by atoms with van der Waals surface area (Å²) in [5.74, 6) is 1.03. The maximum absolute atomic E-state index is 13.1. The summed E-state index contributed by atoms with van der Waals surface area (Å²) in [5.41, 5.74) is 3.64. The van der Waals surface area contributed by atoms with Gasteiger partial charge in [0.1, 0.15) is 11.5 Å². The van der Waals surface area contributed by atoms with Gasteiger partial charge in [0.05, 0.1) is 25.6 Å². The summed E-state index contributed by atoms with van der Waals surface area (Å²) in [6.45, 7) is 4.20. The monoisotopic (exact) mass is 395 g/mol. The topological polar surface area (TPSA) is 54.0 Å². The molecule has 2 aliphatic heterocycles. The molecule has 2 heterocycles. The lowest BCUT2D eigenvalue weighted by Crippen LogP contribution is -2.23. The summed E-state index contributed by atoms with van der Waals surface area (Å²) >= 11 is 0. The summed E-state index contributed by atoms with van der Waals surface area (Å²) in [6, 6.07) is 11.7. The summed E-state index contributed by atoms with van der Waals surface area (Å²) in [5, 5.41) is 3.15. The largest absolute Gasteiger partial charge is 0.497 e. The highest BCUT2D eigenvalue weighted by molar-refractivity contribution is 6.06. The van der Waals surface area contributed by atoms with Gasteiger partial charge in [0.2, 0.25) is 0 Å². The molecule has 0 saturated carbocycles. The number of anilines is 3. The van der Waals surface area contributed by atoms with Gasteiger partial charge in [0.15, 0.2) is 0 Å². The number of nitrogens with zero attached hydrogens (tertiary/aromatic N) is 2. The van der Waals surface area contributed by atoms with Crippen molar-refractivity contribution in [1.82, 2.24) is 0 Å². The molecule has 1 N–H and O–H groups in total. The zero-order valence-electron chi connectivity index (χ0n) is 17.2. The molecule has 6 nitrogen and oxygen atoms in total. The van der Waals surface area contributed by atoms with E-state index >= 15 is 0 Å². The molecule has 2 fully saturated rings. The van der Waals surface area contributed by atoms with Crippen LogP contribution in [0.2, 0.25) is 0 Å². The fraction of sp³-hybridized carbons (Fsp3) is 0.435. The van der Waals surface area contributed by atoms with Gasteiger partial charge in [-0.15, -0.1) is 0 Å². The molecular weight excluding hydrogens is 366 g/mol. The van der Waals surface area contributed by atoms with Gasteiger partial charge in [-0.05, 0) is 56.0 Å². The minimum Gasteiger partial charge on any atom is -0.497 e. The summed E-state index contributed by atoms with van der Waals surface area (Å²) in [6.07, 6.45) is 4.82. The minimum atomic E-state index is -0.166. The fourth-order valence-corrected chi connectivity index (χ4v) is 4.16. The first kappa shape index (κ1) is 19.4. The Morgan fingerprint density at radius 1 is 0.828 bits per heavy atom. The van der Waals surface area contributed by atoms with Crippen LogP contribution in [0.25, 0.3) is 0 Å². The molecule has 4 rings (SSSR count). The van der Waals surface area contributed by atoms with Crippen LogP contribution in [0.15, 0.2) is 36.4 Å². The second kappa shape index (κ2) is 8.64. The van der Waals surface area contributed by atoms with Crippen molar-refractivity contribution in [1.29, 1.82) is 0 Å². The van der Waals surface area contributed by atoms with E-state index in [1.165, 1.54) is 31.4 Å². The molecule has 29 heavy (non-hydrogen) atoms. The standard InChI is InChI=1S/C23H29N3O3/c1-28-19-13-17(14-20(16-19)29-2)23(27)24-21-15-18(25-9-3-4-10-25)7-8-22(21)26-11-5-6-12-26/h7-8,13-16H,3-6,9-12H2,1-2H3,(H,24,27). The van der Waals surface area contributed by atoms with Crippen molar-refractivity contribution in [2.75, 3.05) is 55.5 Å². The van der Waals surface area contributed by atoms with Crippen molar-refractivity contribution in [3.8, 4) is 11.5 Å². The maximum atomic E-state index is 13.1. The summed E-state index contributed by atoms with van der Waals surface area (Å²) in [7, 11) is 3.17. The normalized spacial score (nSPS) is 16.2. The van der Waals surface area contributed by atoms with Gasteiger partial charge in [-0.3, -0.25) is 4.79 Å². The molecule has 0 aromatic heterocycles. The predicted octanol–water partition coefficient (Wildman–Crippen LogP) is 4.16. The molecule has 0 spiro atoms. The zero-order chi connectivity index (χ0) is 20.2. The lowest BCUT2D eigenvalue weighted by Gasteiger charge is -2.25. The van der Waals surface area contributed by atoms with Crippen LogP contribution in [0.1, 0.15) is 36.0 Å². The Morgan fingerprint density at radius 2 is 1.41 bits per heavy atom. The summed E-state index contributed by atoms with van der Waals surface area (Å²) < 4.78 is 10.6. The Bertz CT molecular complexity index is 849. The first-order valence-electron chi connectivity index (χ1n) is 10.4. The van der Waals surface area contributed by atoms with Crippen molar-refractivity contribution >= 4 is 23.0 Å². The van der Waals surface area contributed by atoms with Crippen LogP contribution in [0.4, 0.5) is 17.1 Å².